The molecule has 1 atom stereocenters. The highest BCUT2D eigenvalue weighted by Gasteiger charge is 2.16. The standard InChI is InChI=1S/C15H22N2O/c1-2-3-4-5-13(16)11-6-8-14-12(10-11)7-9-15(18)17-14/h6,8,10,13H,2-5,7,9,16H2,1H3,(H,17,18). The smallest absolute Gasteiger partial charge is 0.224 e. The van der Waals surface area contributed by atoms with Crippen LogP contribution in [0.1, 0.15) is 56.2 Å². The van der Waals surface area contributed by atoms with Crippen LogP contribution < -0.4 is 11.1 Å². The fourth-order valence-electron chi connectivity index (χ4n) is 2.41. The van der Waals surface area contributed by atoms with Gasteiger partial charge in [-0.2, -0.15) is 0 Å². The molecule has 0 saturated carbocycles. The van der Waals surface area contributed by atoms with E-state index in [-0.39, 0.29) is 11.9 Å². The number of aryl methyl sites for hydroxylation is 1. The highest BCUT2D eigenvalue weighted by Crippen LogP contribution is 2.27. The normalized spacial score (nSPS) is 16.0. The molecular formula is C15H22N2O. The average Bonchev–Trinajstić information content (AvgIpc) is 2.38. The third kappa shape index (κ3) is 3.10. The molecule has 0 radical (unpaired) electrons. The molecule has 1 aromatic rings. The fraction of sp³-hybridized carbons (Fsp3) is 0.533. The Morgan fingerprint density at radius 1 is 1.33 bits per heavy atom. The summed E-state index contributed by atoms with van der Waals surface area (Å²) in [5.41, 5.74) is 9.58. The highest BCUT2D eigenvalue weighted by molar-refractivity contribution is 5.93. The van der Waals surface area contributed by atoms with E-state index < -0.39 is 0 Å². The Labute approximate surface area is 109 Å². The number of fused-ring (bicyclic) bond motifs is 1. The predicted octanol–water partition coefficient (Wildman–Crippen LogP) is 3.15. The van der Waals surface area contributed by atoms with Crippen molar-refractivity contribution in [3.05, 3.63) is 29.3 Å². The molecule has 0 aromatic heterocycles. The molecule has 3 nitrogen and oxygen atoms in total. The van der Waals surface area contributed by atoms with Gasteiger partial charge in [0.25, 0.3) is 0 Å². The molecule has 1 amide bonds. The zero-order valence-corrected chi connectivity index (χ0v) is 11.0. The van der Waals surface area contributed by atoms with Gasteiger partial charge in [-0.15, -0.1) is 0 Å². The molecule has 3 heteroatoms. The first kappa shape index (κ1) is 13.1. The van der Waals surface area contributed by atoms with Crippen LogP contribution in [0.3, 0.4) is 0 Å². The Morgan fingerprint density at radius 3 is 2.94 bits per heavy atom. The summed E-state index contributed by atoms with van der Waals surface area (Å²) >= 11 is 0. The number of hydrogen-bond donors (Lipinski definition) is 2. The molecule has 1 aromatic carbocycles. The third-order valence-corrected chi connectivity index (χ3v) is 3.57. The lowest BCUT2D eigenvalue weighted by Gasteiger charge is -2.19. The van der Waals surface area contributed by atoms with E-state index in [0.717, 1.165) is 18.5 Å². The maximum atomic E-state index is 11.3. The summed E-state index contributed by atoms with van der Waals surface area (Å²) in [5, 5.41) is 2.90. The minimum absolute atomic E-state index is 0.113. The number of benzene rings is 1. The average molecular weight is 246 g/mol. The molecule has 0 bridgehead atoms. The van der Waals surface area contributed by atoms with Gasteiger partial charge in [-0.25, -0.2) is 0 Å². The topological polar surface area (TPSA) is 55.1 Å². The summed E-state index contributed by atoms with van der Waals surface area (Å²) in [7, 11) is 0. The van der Waals surface area contributed by atoms with Crippen molar-refractivity contribution < 1.29 is 4.79 Å². The van der Waals surface area contributed by atoms with E-state index in [4.69, 9.17) is 5.73 Å². The predicted molar refractivity (Wildman–Crippen MR) is 74.5 cm³/mol. The summed E-state index contributed by atoms with van der Waals surface area (Å²) in [6.07, 6.45) is 6.11. The van der Waals surface area contributed by atoms with Crippen LogP contribution in [0.25, 0.3) is 0 Å². The lowest BCUT2D eigenvalue weighted by atomic mass is 9.95. The molecule has 1 aliphatic heterocycles. The monoisotopic (exact) mass is 246 g/mol. The van der Waals surface area contributed by atoms with Crippen molar-refractivity contribution in [3.8, 4) is 0 Å². The molecule has 0 saturated heterocycles. The van der Waals surface area contributed by atoms with Crippen molar-refractivity contribution >= 4 is 11.6 Å². The van der Waals surface area contributed by atoms with Gasteiger partial charge in [-0.1, -0.05) is 38.3 Å². The number of carbonyl (C=O) groups is 1. The van der Waals surface area contributed by atoms with Gasteiger partial charge in [0, 0.05) is 18.2 Å². The molecule has 0 fully saturated rings. The van der Waals surface area contributed by atoms with Crippen LogP contribution in [0.15, 0.2) is 18.2 Å². The van der Waals surface area contributed by atoms with Crippen LogP contribution in [0.5, 0.6) is 0 Å². The van der Waals surface area contributed by atoms with Gasteiger partial charge in [0.15, 0.2) is 0 Å². The van der Waals surface area contributed by atoms with Gasteiger partial charge in [0.05, 0.1) is 0 Å². The van der Waals surface area contributed by atoms with E-state index in [0.29, 0.717) is 6.42 Å². The Balaban J connectivity index is 2.04. The van der Waals surface area contributed by atoms with Crippen molar-refractivity contribution in [3.63, 3.8) is 0 Å². The van der Waals surface area contributed by atoms with Crippen LogP contribution in [-0.2, 0) is 11.2 Å². The fourth-order valence-corrected chi connectivity index (χ4v) is 2.41. The van der Waals surface area contributed by atoms with Crippen LogP contribution in [0.2, 0.25) is 0 Å². The number of unbranched alkanes of at least 4 members (excludes halogenated alkanes) is 2. The summed E-state index contributed by atoms with van der Waals surface area (Å²) in [4.78, 5) is 11.3. The van der Waals surface area contributed by atoms with Crippen molar-refractivity contribution in [2.24, 2.45) is 5.73 Å². The molecule has 0 aliphatic carbocycles. The SMILES string of the molecule is CCCCCC(N)c1ccc2c(c1)CCC(=O)N2. The summed E-state index contributed by atoms with van der Waals surface area (Å²) in [5.74, 6) is 0.113. The van der Waals surface area contributed by atoms with E-state index >= 15 is 0 Å². The summed E-state index contributed by atoms with van der Waals surface area (Å²) in [6, 6.07) is 6.31. The Bertz CT molecular complexity index is 429. The van der Waals surface area contributed by atoms with E-state index in [1.165, 1.54) is 30.4 Å². The van der Waals surface area contributed by atoms with Gasteiger partial charge < -0.3 is 11.1 Å². The van der Waals surface area contributed by atoms with Crippen LogP contribution in [0.4, 0.5) is 5.69 Å². The third-order valence-electron chi connectivity index (χ3n) is 3.57. The highest BCUT2D eigenvalue weighted by atomic mass is 16.1. The maximum absolute atomic E-state index is 11.3. The molecule has 1 unspecified atom stereocenters. The Morgan fingerprint density at radius 2 is 2.17 bits per heavy atom. The number of carbonyl (C=O) groups excluding carboxylic acids is 1. The maximum Gasteiger partial charge on any atom is 0.224 e. The number of anilines is 1. The molecule has 1 heterocycles. The number of rotatable bonds is 5. The zero-order chi connectivity index (χ0) is 13.0. The van der Waals surface area contributed by atoms with Crippen molar-refractivity contribution in [2.45, 2.75) is 51.5 Å². The molecular weight excluding hydrogens is 224 g/mol. The Kier molecular flexibility index (Phi) is 4.37. The second kappa shape index (κ2) is 6.01. The van der Waals surface area contributed by atoms with Crippen LogP contribution in [-0.4, -0.2) is 5.91 Å². The van der Waals surface area contributed by atoms with E-state index in [9.17, 15) is 4.79 Å². The van der Waals surface area contributed by atoms with Crippen molar-refractivity contribution in [1.29, 1.82) is 0 Å². The van der Waals surface area contributed by atoms with Crippen LogP contribution >= 0.6 is 0 Å². The van der Waals surface area contributed by atoms with Crippen LogP contribution in [0, 0.1) is 0 Å². The minimum atomic E-state index is 0.113. The molecule has 1 aliphatic rings. The molecule has 0 spiro atoms. The second-order valence-corrected chi connectivity index (χ2v) is 5.07. The molecule has 2 rings (SSSR count). The summed E-state index contributed by atoms with van der Waals surface area (Å²) < 4.78 is 0. The van der Waals surface area contributed by atoms with Crippen molar-refractivity contribution in [1.82, 2.24) is 0 Å². The number of nitrogens with two attached hydrogens (primary N) is 1. The van der Waals surface area contributed by atoms with Gasteiger partial charge in [-0.05, 0) is 30.0 Å². The lowest BCUT2D eigenvalue weighted by Crippen LogP contribution is -2.19. The first-order valence-electron chi connectivity index (χ1n) is 6.89. The number of hydrogen-bond acceptors (Lipinski definition) is 2. The Hall–Kier alpha value is -1.35. The largest absolute Gasteiger partial charge is 0.326 e. The van der Waals surface area contributed by atoms with Gasteiger partial charge in [-0.3, -0.25) is 4.79 Å². The van der Waals surface area contributed by atoms with E-state index in [1.807, 2.05) is 12.1 Å². The number of amides is 1. The molecule has 3 N–H and O–H groups in total. The van der Waals surface area contributed by atoms with Gasteiger partial charge in [0.2, 0.25) is 5.91 Å². The first-order chi connectivity index (χ1) is 8.70. The minimum Gasteiger partial charge on any atom is -0.326 e. The molecule has 18 heavy (non-hydrogen) atoms. The van der Waals surface area contributed by atoms with Gasteiger partial charge in [0.1, 0.15) is 0 Å². The van der Waals surface area contributed by atoms with Crippen molar-refractivity contribution in [2.75, 3.05) is 5.32 Å². The van der Waals surface area contributed by atoms with Gasteiger partial charge >= 0.3 is 0 Å². The van der Waals surface area contributed by atoms with E-state index in [2.05, 4.69) is 18.3 Å². The van der Waals surface area contributed by atoms with E-state index in [1.54, 1.807) is 0 Å². The zero-order valence-electron chi connectivity index (χ0n) is 11.0. The first-order valence-corrected chi connectivity index (χ1v) is 6.89. The number of nitrogens with one attached hydrogen (secondary N) is 1. The molecule has 98 valence electrons. The summed E-state index contributed by atoms with van der Waals surface area (Å²) in [6.45, 7) is 2.20. The second-order valence-electron chi connectivity index (χ2n) is 5.07. The lowest BCUT2D eigenvalue weighted by molar-refractivity contribution is -0.116. The quantitative estimate of drug-likeness (QED) is 0.784.